The van der Waals surface area contributed by atoms with Crippen molar-refractivity contribution >= 4 is 54.9 Å². The van der Waals surface area contributed by atoms with Crippen LogP contribution in [0.25, 0.3) is 15.3 Å². The Morgan fingerprint density at radius 1 is 1.19 bits per heavy atom. The molecule has 0 bridgehead atoms. The number of nitrogens with zero attached hydrogens (tertiary/aromatic N) is 4. The lowest BCUT2D eigenvalue weighted by molar-refractivity contribution is -0.120. The van der Waals surface area contributed by atoms with Gasteiger partial charge in [-0.05, 0) is 62.6 Å². The normalized spacial score (nSPS) is 16.9. The standard InChI is InChI=1S/C24H23ClFN5O3S2/c1-14-5-10-19(25)22-21(14)28-24(35-22)31-20(12-15(2)29-31)27-23(32)16-4-3-11-30(13-16)36(33,34)18-8-6-17(26)7-9-18/h5-10,12,16H,3-4,11,13H2,1-2H3,(H,27,32). The van der Waals surface area contributed by atoms with Crippen LogP contribution in [0.3, 0.4) is 0 Å². The predicted molar refractivity (Wildman–Crippen MR) is 138 cm³/mol. The third kappa shape index (κ3) is 4.63. The maximum Gasteiger partial charge on any atom is 0.243 e. The van der Waals surface area contributed by atoms with Crippen molar-refractivity contribution < 1.29 is 17.6 Å². The number of aromatic nitrogens is 3. The Balaban J connectivity index is 1.38. The van der Waals surface area contributed by atoms with Crippen LogP contribution < -0.4 is 5.32 Å². The first-order chi connectivity index (χ1) is 17.1. The van der Waals surface area contributed by atoms with E-state index in [1.807, 2.05) is 26.0 Å². The molecule has 1 amide bonds. The van der Waals surface area contributed by atoms with Gasteiger partial charge in [0.05, 0.1) is 31.7 Å². The number of sulfonamides is 1. The number of carbonyl (C=O) groups is 1. The van der Waals surface area contributed by atoms with Crippen LogP contribution in [0.1, 0.15) is 24.1 Å². The summed E-state index contributed by atoms with van der Waals surface area (Å²) in [7, 11) is -3.84. The van der Waals surface area contributed by atoms with Crippen molar-refractivity contribution in [2.45, 2.75) is 31.6 Å². The largest absolute Gasteiger partial charge is 0.310 e. The first-order valence-corrected chi connectivity index (χ1v) is 14.0. The summed E-state index contributed by atoms with van der Waals surface area (Å²) in [6, 6.07) is 10.2. The van der Waals surface area contributed by atoms with Crippen LogP contribution in [0.4, 0.5) is 10.2 Å². The summed E-state index contributed by atoms with van der Waals surface area (Å²) in [6.07, 6.45) is 1.08. The second-order valence-electron chi connectivity index (χ2n) is 8.77. The van der Waals surface area contributed by atoms with Gasteiger partial charge in [0.2, 0.25) is 21.1 Å². The molecular formula is C24H23ClFN5O3S2. The smallest absolute Gasteiger partial charge is 0.243 e. The number of rotatable bonds is 5. The number of benzene rings is 2. The molecule has 36 heavy (non-hydrogen) atoms. The fraction of sp³-hybridized carbons (Fsp3) is 0.292. The minimum absolute atomic E-state index is 0.00319. The van der Waals surface area contributed by atoms with Gasteiger partial charge in [0.25, 0.3) is 0 Å². The first kappa shape index (κ1) is 24.8. The average molecular weight is 548 g/mol. The van der Waals surface area contributed by atoms with E-state index < -0.39 is 21.8 Å². The quantitative estimate of drug-likeness (QED) is 0.382. The van der Waals surface area contributed by atoms with Crippen LogP contribution in [0.15, 0.2) is 47.4 Å². The van der Waals surface area contributed by atoms with Gasteiger partial charge in [-0.15, -0.1) is 0 Å². The maximum absolute atomic E-state index is 13.3. The number of carbonyl (C=O) groups excluding carboxylic acids is 1. The molecular weight excluding hydrogens is 525 g/mol. The Morgan fingerprint density at radius 2 is 1.94 bits per heavy atom. The van der Waals surface area contributed by atoms with E-state index in [4.69, 9.17) is 16.6 Å². The van der Waals surface area contributed by atoms with Crippen molar-refractivity contribution in [3.05, 3.63) is 64.6 Å². The zero-order valence-electron chi connectivity index (χ0n) is 19.5. The van der Waals surface area contributed by atoms with Crippen LogP contribution in [-0.2, 0) is 14.8 Å². The number of aryl methyl sites for hydroxylation is 2. The summed E-state index contributed by atoms with van der Waals surface area (Å²) in [5.74, 6) is -0.915. The lowest BCUT2D eigenvalue weighted by Gasteiger charge is -2.31. The highest BCUT2D eigenvalue weighted by atomic mass is 35.5. The van der Waals surface area contributed by atoms with Gasteiger partial charge in [0.15, 0.2) is 0 Å². The molecule has 4 aromatic rings. The van der Waals surface area contributed by atoms with Crippen molar-refractivity contribution in [3.8, 4) is 5.13 Å². The van der Waals surface area contributed by atoms with Gasteiger partial charge >= 0.3 is 0 Å². The van der Waals surface area contributed by atoms with Crippen molar-refractivity contribution in [1.82, 2.24) is 19.1 Å². The fourth-order valence-electron chi connectivity index (χ4n) is 4.27. The number of fused-ring (bicyclic) bond motifs is 1. The topological polar surface area (TPSA) is 97.2 Å². The zero-order chi connectivity index (χ0) is 25.6. The number of hydrogen-bond donors (Lipinski definition) is 1. The molecule has 3 heterocycles. The lowest BCUT2D eigenvalue weighted by atomic mass is 9.99. The highest BCUT2D eigenvalue weighted by molar-refractivity contribution is 7.89. The molecule has 1 saturated heterocycles. The van der Waals surface area contributed by atoms with Gasteiger partial charge in [-0.1, -0.05) is 29.0 Å². The second-order valence-corrected chi connectivity index (χ2v) is 12.1. The molecule has 2 aromatic heterocycles. The summed E-state index contributed by atoms with van der Waals surface area (Å²) >= 11 is 7.74. The molecule has 0 radical (unpaired) electrons. The second kappa shape index (κ2) is 9.55. The number of piperidine rings is 1. The molecule has 12 heteroatoms. The zero-order valence-corrected chi connectivity index (χ0v) is 21.9. The van der Waals surface area contributed by atoms with E-state index in [1.165, 1.54) is 27.8 Å². The van der Waals surface area contributed by atoms with Crippen LogP contribution >= 0.6 is 22.9 Å². The van der Waals surface area contributed by atoms with Crippen LogP contribution in [0, 0.1) is 25.6 Å². The van der Waals surface area contributed by atoms with Gasteiger partial charge < -0.3 is 5.32 Å². The van der Waals surface area contributed by atoms with E-state index >= 15 is 0 Å². The molecule has 188 valence electrons. The molecule has 0 spiro atoms. The Bertz CT molecular complexity index is 1530. The molecule has 5 rings (SSSR count). The number of halogens is 2. The number of thiazole rings is 1. The summed E-state index contributed by atoms with van der Waals surface area (Å²) < 4.78 is 43.1. The maximum atomic E-state index is 13.3. The van der Waals surface area contributed by atoms with E-state index in [2.05, 4.69) is 10.4 Å². The Labute approximate surface area is 216 Å². The van der Waals surface area contributed by atoms with Gasteiger partial charge in [0, 0.05) is 19.2 Å². The SMILES string of the molecule is Cc1cc(NC(=O)C2CCCN(S(=O)(=O)c3ccc(F)cc3)C2)n(-c2nc3c(C)ccc(Cl)c3s2)n1. The molecule has 1 atom stereocenters. The van der Waals surface area contributed by atoms with Gasteiger partial charge in [0.1, 0.15) is 11.6 Å². The highest BCUT2D eigenvalue weighted by Crippen LogP contribution is 2.34. The molecule has 1 unspecified atom stereocenters. The molecule has 0 aliphatic carbocycles. The molecule has 8 nitrogen and oxygen atoms in total. The lowest BCUT2D eigenvalue weighted by Crippen LogP contribution is -2.43. The average Bonchev–Trinajstić information content (AvgIpc) is 3.46. The molecule has 1 aliphatic heterocycles. The van der Waals surface area contributed by atoms with Crippen molar-refractivity contribution in [1.29, 1.82) is 0 Å². The van der Waals surface area contributed by atoms with E-state index in [9.17, 15) is 17.6 Å². The van der Waals surface area contributed by atoms with E-state index in [0.29, 0.717) is 41.1 Å². The van der Waals surface area contributed by atoms with Crippen LogP contribution in [-0.4, -0.2) is 46.5 Å². The summed E-state index contributed by atoms with van der Waals surface area (Å²) in [6.45, 7) is 4.10. The Morgan fingerprint density at radius 3 is 2.67 bits per heavy atom. The number of amides is 1. The molecule has 1 fully saturated rings. The molecule has 2 aromatic carbocycles. The number of hydrogen-bond acceptors (Lipinski definition) is 6. The monoisotopic (exact) mass is 547 g/mol. The van der Waals surface area contributed by atoms with Gasteiger partial charge in [-0.3, -0.25) is 4.79 Å². The molecule has 1 N–H and O–H groups in total. The fourth-order valence-corrected chi connectivity index (χ4v) is 7.08. The van der Waals surface area contributed by atoms with Crippen molar-refractivity contribution in [2.75, 3.05) is 18.4 Å². The summed E-state index contributed by atoms with van der Waals surface area (Å²) in [5, 5.41) is 8.58. The van der Waals surface area contributed by atoms with Crippen LogP contribution in [0.5, 0.6) is 0 Å². The van der Waals surface area contributed by atoms with E-state index in [-0.39, 0.29) is 17.3 Å². The Hall–Kier alpha value is -2.86. The highest BCUT2D eigenvalue weighted by Gasteiger charge is 2.34. The molecule has 0 saturated carbocycles. The van der Waals surface area contributed by atoms with Gasteiger partial charge in [-0.2, -0.15) is 14.1 Å². The number of nitrogens with one attached hydrogen (secondary N) is 1. The minimum atomic E-state index is -3.84. The minimum Gasteiger partial charge on any atom is -0.310 e. The molecule has 1 aliphatic rings. The van der Waals surface area contributed by atoms with Crippen molar-refractivity contribution in [2.24, 2.45) is 5.92 Å². The first-order valence-electron chi connectivity index (χ1n) is 11.3. The summed E-state index contributed by atoms with van der Waals surface area (Å²) in [5.41, 5.74) is 2.45. The van der Waals surface area contributed by atoms with E-state index in [1.54, 1.807) is 10.7 Å². The third-order valence-electron chi connectivity index (χ3n) is 6.16. The summed E-state index contributed by atoms with van der Waals surface area (Å²) in [4.78, 5) is 17.9. The third-order valence-corrected chi connectivity index (χ3v) is 9.53. The Kier molecular flexibility index (Phi) is 6.58. The van der Waals surface area contributed by atoms with Crippen LogP contribution in [0.2, 0.25) is 5.02 Å². The van der Waals surface area contributed by atoms with Crippen molar-refractivity contribution in [3.63, 3.8) is 0 Å². The number of anilines is 1. The van der Waals surface area contributed by atoms with Gasteiger partial charge in [-0.25, -0.2) is 17.8 Å². The van der Waals surface area contributed by atoms with E-state index in [0.717, 1.165) is 27.9 Å². The predicted octanol–water partition coefficient (Wildman–Crippen LogP) is 4.93.